The van der Waals surface area contributed by atoms with Crippen LogP contribution in [-0.2, 0) is 9.47 Å². The topological polar surface area (TPSA) is 49.3 Å². The quantitative estimate of drug-likeness (QED) is 0.377. The van der Waals surface area contributed by atoms with Gasteiger partial charge in [0, 0.05) is 61.9 Å². The Morgan fingerprint density at radius 3 is 2.71 bits per heavy atom. The molecule has 4 rings (SSSR count). The molecular weight excluding hydrogens is 408 g/mol. The van der Waals surface area contributed by atoms with Crippen molar-refractivity contribution < 1.29 is 9.47 Å². The molecule has 3 saturated heterocycles. The standard InChI is InChI=1S/C24H38N4O2S/c1-2-25-24(28-10-8-20(17-28)19-31-22-6-4-3-5-7-22)26-16-23(21-9-13-30-18-21)27-11-14-29-15-12-27/h3-7,20-21,23H,2,8-19H2,1H3,(H,25,26). The minimum Gasteiger partial charge on any atom is -0.381 e. The molecule has 0 aliphatic carbocycles. The second-order valence-electron chi connectivity index (χ2n) is 8.76. The third-order valence-corrected chi connectivity index (χ3v) is 7.84. The Bertz CT molecular complexity index is 677. The summed E-state index contributed by atoms with van der Waals surface area (Å²) in [5.41, 5.74) is 0. The fourth-order valence-electron chi connectivity index (χ4n) is 4.83. The van der Waals surface area contributed by atoms with Crippen molar-refractivity contribution in [1.82, 2.24) is 15.1 Å². The summed E-state index contributed by atoms with van der Waals surface area (Å²) in [6.07, 6.45) is 2.39. The Morgan fingerprint density at radius 1 is 1.13 bits per heavy atom. The van der Waals surface area contributed by atoms with Gasteiger partial charge in [-0.1, -0.05) is 18.2 Å². The Hall–Kier alpha value is -1.28. The van der Waals surface area contributed by atoms with E-state index in [2.05, 4.69) is 52.4 Å². The zero-order valence-corrected chi connectivity index (χ0v) is 19.7. The van der Waals surface area contributed by atoms with Gasteiger partial charge < -0.3 is 19.7 Å². The van der Waals surface area contributed by atoms with E-state index in [-0.39, 0.29) is 0 Å². The fraction of sp³-hybridized carbons (Fsp3) is 0.708. The Balaban J connectivity index is 1.35. The largest absolute Gasteiger partial charge is 0.381 e. The highest BCUT2D eigenvalue weighted by molar-refractivity contribution is 7.99. The minimum atomic E-state index is 0.451. The van der Waals surface area contributed by atoms with Crippen molar-refractivity contribution in [3.8, 4) is 0 Å². The van der Waals surface area contributed by atoms with Crippen LogP contribution in [0.2, 0.25) is 0 Å². The molecule has 1 aromatic carbocycles. The highest BCUT2D eigenvalue weighted by Crippen LogP contribution is 2.26. The molecule has 3 unspecified atom stereocenters. The molecule has 31 heavy (non-hydrogen) atoms. The molecule has 0 saturated carbocycles. The van der Waals surface area contributed by atoms with E-state index >= 15 is 0 Å². The Kier molecular flexibility index (Phi) is 8.93. The molecule has 3 aliphatic heterocycles. The summed E-state index contributed by atoms with van der Waals surface area (Å²) in [7, 11) is 0. The number of hydrogen-bond acceptors (Lipinski definition) is 5. The lowest BCUT2D eigenvalue weighted by molar-refractivity contribution is 0.00364. The lowest BCUT2D eigenvalue weighted by Crippen LogP contribution is -2.49. The second kappa shape index (κ2) is 12.1. The van der Waals surface area contributed by atoms with Gasteiger partial charge in [-0.25, -0.2) is 0 Å². The van der Waals surface area contributed by atoms with Crippen LogP contribution in [0.3, 0.4) is 0 Å². The van der Waals surface area contributed by atoms with Gasteiger partial charge in [0.2, 0.25) is 0 Å². The molecule has 0 aromatic heterocycles. The van der Waals surface area contributed by atoms with Crippen LogP contribution in [0.25, 0.3) is 0 Å². The summed E-state index contributed by atoms with van der Waals surface area (Å²) in [5.74, 6) is 3.56. The highest BCUT2D eigenvalue weighted by Gasteiger charge is 2.32. The number of aliphatic imine (C=N–C) groups is 1. The number of benzene rings is 1. The number of morpholine rings is 1. The van der Waals surface area contributed by atoms with E-state index in [1.165, 1.54) is 17.1 Å². The van der Waals surface area contributed by atoms with Crippen molar-refractivity contribution in [1.29, 1.82) is 0 Å². The monoisotopic (exact) mass is 446 g/mol. The van der Waals surface area contributed by atoms with E-state index in [0.29, 0.717) is 17.9 Å². The first-order valence-electron chi connectivity index (χ1n) is 11.9. The molecule has 0 radical (unpaired) electrons. The first kappa shape index (κ1) is 22.9. The van der Waals surface area contributed by atoms with Gasteiger partial charge in [-0.3, -0.25) is 9.89 Å². The number of rotatable bonds is 8. The van der Waals surface area contributed by atoms with Crippen LogP contribution in [-0.4, -0.2) is 93.3 Å². The normalized spacial score (nSPS) is 26.4. The molecular formula is C24H38N4O2S. The molecule has 1 N–H and O–H groups in total. The third-order valence-electron chi connectivity index (χ3n) is 6.60. The minimum absolute atomic E-state index is 0.451. The zero-order valence-electron chi connectivity index (χ0n) is 18.9. The van der Waals surface area contributed by atoms with Crippen LogP contribution >= 0.6 is 11.8 Å². The number of nitrogens with one attached hydrogen (secondary N) is 1. The number of thioether (sulfide) groups is 1. The molecule has 3 fully saturated rings. The Morgan fingerprint density at radius 2 is 1.97 bits per heavy atom. The van der Waals surface area contributed by atoms with E-state index in [1.807, 2.05) is 11.8 Å². The van der Waals surface area contributed by atoms with E-state index in [9.17, 15) is 0 Å². The van der Waals surface area contributed by atoms with Gasteiger partial charge >= 0.3 is 0 Å². The number of hydrogen-bond donors (Lipinski definition) is 1. The molecule has 6 nitrogen and oxygen atoms in total. The molecule has 3 heterocycles. The smallest absolute Gasteiger partial charge is 0.193 e. The van der Waals surface area contributed by atoms with Crippen LogP contribution in [0.1, 0.15) is 19.8 Å². The first-order chi connectivity index (χ1) is 15.3. The number of likely N-dealkylation sites (tertiary alicyclic amines) is 1. The molecule has 0 bridgehead atoms. The average Bonchev–Trinajstić information content (AvgIpc) is 3.51. The molecule has 3 aliphatic rings. The first-order valence-corrected chi connectivity index (χ1v) is 12.9. The molecule has 172 valence electrons. The Labute approximate surface area is 191 Å². The van der Waals surface area contributed by atoms with Gasteiger partial charge in [0.1, 0.15) is 0 Å². The van der Waals surface area contributed by atoms with Gasteiger partial charge in [0.05, 0.1) is 26.4 Å². The van der Waals surface area contributed by atoms with Gasteiger partial charge in [-0.15, -0.1) is 11.8 Å². The number of ether oxygens (including phenoxy) is 2. The molecule has 0 spiro atoms. The molecule has 0 amide bonds. The molecule has 7 heteroatoms. The van der Waals surface area contributed by atoms with Crippen LogP contribution < -0.4 is 5.32 Å². The van der Waals surface area contributed by atoms with Crippen LogP contribution in [0.5, 0.6) is 0 Å². The maximum absolute atomic E-state index is 5.73. The molecule has 1 aromatic rings. The second-order valence-corrected chi connectivity index (χ2v) is 9.85. The van der Waals surface area contributed by atoms with Crippen molar-refractivity contribution >= 4 is 17.7 Å². The summed E-state index contributed by atoms with van der Waals surface area (Å²) in [6, 6.07) is 11.2. The van der Waals surface area contributed by atoms with E-state index in [0.717, 1.165) is 78.1 Å². The lowest BCUT2D eigenvalue weighted by Gasteiger charge is -2.37. The van der Waals surface area contributed by atoms with Crippen molar-refractivity contribution in [3.63, 3.8) is 0 Å². The van der Waals surface area contributed by atoms with Crippen LogP contribution in [0, 0.1) is 11.8 Å². The predicted molar refractivity (Wildman–Crippen MR) is 128 cm³/mol. The number of nitrogens with zero attached hydrogens (tertiary/aromatic N) is 3. The van der Waals surface area contributed by atoms with Gasteiger partial charge in [0.15, 0.2) is 5.96 Å². The fourth-order valence-corrected chi connectivity index (χ4v) is 5.88. The SMILES string of the molecule is CCNC(=NCC(C1CCOC1)N1CCOCC1)N1CCC(CSc2ccccc2)C1. The predicted octanol–water partition coefficient (Wildman–Crippen LogP) is 2.80. The highest BCUT2D eigenvalue weighted by atomic mass is 32.2. The molecule has 3 atom stereocenters. The zero-order chi connectivity index (χ0) is 21.3. The van der Waals surface area contributed by atoms with Crippen molar-refractivity contribution in [3.05, 3.63) is 30.3 Å². The summed E-state index contributed by atoms with van der Waals surface area (Å²) in [6.45, 7) is 11.6. The van der Waals surface area contributed by atoms with Crippen LogP contribution in [0.4, 0.5) is 0 Å². The summed E-state index contributed by atoms with van der Waals surface area (Å²) in [4.78, 5) is 11.6. The maximum atomic E-state index is 5.73. The van der Waals surface area contributed by atoms with Gasteiger partial charge in [-0.05, 0) is 37.8 Å². The maximum Gasteiger partial charge on any atom is 0.193 e. The summed E-state index contributed by atoms with van der Waals surface area (Å²) in [5, 5.41) is 3.56. The van der Waals surface area contributed by atoms with Crippen LogP contribution in [0.15, 0.2) is 40.2 Å². The van der Waals surface area contributed by atoms with Gasteiger partial charge in [-0.2, -0.15) is 0 Å². The summed E-state index contributed by atoms with van der Waals surface area (Å²) >= 11 is 1.98. The third kappa shape index (κ3) is 6.60. The van der Waals surface area contributed by atoms with Gasteiger partial charge in [0.25, 0.3) is 0 Å². The van der Waals surface area contributed by atoms with E-state index < -0.39 is 0 Å². The van der Waals surface area contributed by atoms with Crippen molar-refractivity contribution in [2.45, 2.75) is 30.7 Å². The van der Waals surface area contributed by atoms with Crippen molar-refractivity contribution in [2.24, 2.45) is 16.8 Å². The van der Waals surface area contributed by atoms with Crippen molar-refractivity contribution in [2.75, 3.05) is 71.4 Å². The van der Waals surface area contributed by atoms with E-state index in [1.54, 1.807) is 0 Å². The number of guanidine groups is 1. The average molecular weight is 447 g/mol. The summed E-state index contributed by atoms with van der Waals surface area (Å²) < 4.78 is 11.3. The van der Waals surface area contributed by atoms with E-state index in [4.69, 9.17) is 14.5 Å². The lowest BCUT2D eigenvalue weighted by atomic mass is 9.97.